The molecule has 2 amide bonds. The van der Waals surface area contributed by atoms with Crippen molar-refractivity contribution in [1.29, 1.82) is 0 Å². The molecule has 0 aliphatic heterocycles. The number of benzene rings is 2. The molecule has 236 valence electrons. The van der Waals surface area contributed by atoms with Crippen molar-refractivity contribution in [3.05, 3.63) is 84.6 Å². The van der Waals surface area contributed by atoms with Gasteiger partial charge in [-0.25, -0.2) is 4.79 Å². The van der Waals surface area contributed by atoms with Crippen molar-refractivity contribution in [2.24, 2.45) is 5.92 Å². The Balaban J connectivity index is 1.29. The summed E-state index contributed by atoms with van der Waals surface area (Å²) in [4.78, 5) is 30.4. The van der Waals surface area contributed by atoms with Gasteiger partial charge in [0.1, 0.15) is 17.8 Å². The number of ether oxygens (including phenoxy) is 1. The first-order valence-corrected chi connectivity index (χ1v) is 15.7. The Morgan fingerprint density at radius 3 is 2.24 bits per heavy atom. The number of carbonyl (C=O) groups is 2. The summed E-state index contributed by atoms with van der Waals surface area (Å²) in [6.45, 7) is 11.4. The van der Waals surface area contributed by atoms with E-state index in [-0.39, 0.29) is 5.91 Å². The highest BCUT2D eigenvalue weighted by Crippen LogP contribution is 2.36. The van der Waals surface area contributed by atoms with Gasteiger partial charge in [0.05, 0.1) is 23.1 Å². The van der Waals surface area contributed by atoms with Crippen LogP contribution in [-0.4, -0.2) is 37.3 Å². The Labute approximate surface area is 265 Å². The minimum absolute atomic E-state index is 0.0107. The maximum atomic E-state index is 13.1. The number of carbonyl (C=O) groups excluding carboxylic acids is 2. The van der Waals surface area contributed by atoms with Crippen LogP contribution in [0.3, 0.4) is 0 Å². The van der Waals surface area contributed by atoms with Crippen LogP contribution in [0.25, 0.3) is 22.4 Å². The van der Waals surface area contributed by atoms with Crippen LogP contribution in [0.15, 0.2) is 73.2 Å². The van der Waals surface area contributed by atoms with Crippen LogP contribution in [0.5, 0.6) is 0 Å². The summed E-state index contributed by atoms with van der Waals surface area (Å²) in [6.07, 6.45) is 7.63. The molecule has 2 aromatic heterocycles. The summed E-state index contributed by atoms with van der Waals surface area (Å²) < 4.78 is 7.62. The van der Waals surface area contributed by atoms with Gasteiger partial charge in [-0.05, 0) is 90.3 Å². The van der Waals surface area contributed by atoms with Gasteiger partial charge < -0.3 is 19.9 Å². The van der Waals surface area contributed by atoms with Crippen molar-refractivity contribution in [1.82, 2.24) is 25.1 Å². The van der Waals surface area contributed by atoms with Crippen molar-refractivity contribution in [2.45, 2.75) is 90.8 Å². The third-order valence-corrected chi connectivity index (χ3v) is 8.39. The third-order valence-electron chi connectivity index (χ3n) is 8.39. The highest BCUT2D eigenvalue weighted by Gasteiger charge is 2.27. The molecule has 0 spiro atoms. The van der Waals surface area contributed by atoms with E-state index in [0.717, 1.165) is 59.5 Å². The molecule has 2 aromatic carbocycles. The topological polar surface area (TPSA) is 111 Å². The summed E-state index contributed by atoms with van der Waals surface area (Å²) in [6, 6.07) is 20.5. The van der Waals surface area contributed by atoms with E-state index in [0.29, 0.717) is 24.1 Å². The Kier molecular flexibility index (Phi) is 9.37. The van der Waals surface area contributed by atoms with Crippen LogP contribution in [0, 0.1) is 12.8 Å². The third kappa shape index (κ3) is 8.15. The Bertz CT molecular complexity index is 1610. The molecule has 1 aliphatic carbocycles. The number of pyridine rings is 1. The van der Waals surface area contributed by atoms with Gasteiger partial charge in [0, 0.05) is 23.6 Å². The molecule has 0 bridgehead atoms. The van der Waals surface area contributed by atoms with E-state index in [2.05, 4.69) is 25.4 Å². The molecular formula is C36H44N6O3. The number of alkyl carbamates (subject to hydrolysis) is 1. The maximum absolute atomic E-state index is 13.1. The van der Waals surface area contributed by atoms with E-state index in [1.54, 1.807) is 6.20 Å². The Hall–Kier alpha value is -4.53. The molecule has 4 aromatic rings. The van der Waals surface area contributed by atoms with Gasteiger partial charge in [0.25, 0.3) is 0 Å². The molecule has 1 fully saturated rings. The van der Waals surface area contributed by atoms with Gasteiger partial charge >= 0.3 is 6.09 Å². The lowest BCUT2D eigenvalue weighted by molar-refractivity contribution is -0.117. The van der Waals surface area contributed by atoms with Crippen LogP contribution in [0.4, 0.5) is 10.5 Å². The van der Waals surface area contributed by atoms with Crippen molar-refractivity contribution < 1.29 is 14.3 Å². The van der Waals surface area contributed by atoms with E-state index in [4.69, 9.17) is 9.72 Å². The molecule has 5 rings (SSSR count). The SMILES string of the molecule is Cc1nncn1C1CCC(CC(=O)Nc2cnc(-c3ccc(C(C)(C)NC(=O)OC(C)(C)C)cc3)c(-c3ccccc3)c2)CC1. The van der Waals surface area contributed by atoms with E-state index in [1.807, 2.05) is 109 Å². The monoisotopic (exact) mass is 608 g/mol. The summed E-state index contributed by atoms with van der Waals surface area (Å²) in [5, 5.41) is 14.2. The second-order valence-corrected chi connectivity index (χ2v) is 13.5. The number of aryl methyl sites for hydroxylation is 1. The normalized spacial score (nSPS) is 17.0. The number of hydrogen-bond acceptors (Lipinski definition) is 6. The standard InChI is InChI=1S/C36H44N6O3/c1-24-41-38-23-42(24)30-18-12-25(13-19-30)20-32(43)39-29-21-31(26-10-8-7-9-11-26)33(37-22-29)27-14-16-28(17-15-27)36(5,6)40-34(44)45-35(2,3)4/h7-11,14-17,21-23,25,30H,12-13,18-20H2,1-6H3,(H,39,43)(H,40,44). The van der Waals surface area contributed by atoms with Gasteiger partial charge in [-0.15, -0.1) is 10.2 Å². The smallest absolute Gasteiger partial charge is 0.408 e. The fraction of sp³-hybridized carbons (Fsp3) is 0.417. The van der Waals surface area contributed by atoms with Crippen LogP contribution < -0.4 is 10.6 Å². The molecule has 9 nitrogen and oxygen atoms in total. The minimum atomic E-state index is -0.639. The van der Waals surface area contributed by atoms with Crippen LogP contribution in [0.2, 0.25) is 0 Å². The fourth-order valence-corrected chi connectivity index (χ4v) is 6.04. The van der Waals surface area contributed by atoms with E-state index >= 15 is 0 Å². The quantitative estimate of drug-likeness (QED) is 0.211. The van der Waals surface area contributed by atoms with E-state index in [1.165, 1.54) is 0 Å². The lowest BCUT2D eigenvalue weighted by atomic mass is 9.84. The first kappa shape index (κ1) is 31.9. The summed E-state index contributed by atoms with van der Waals surface area (Å²) in [5.41, 5.74) is 4.08. The predicted molar refractivity (Wildman–Crippen MR) is 177 cm³/mol. The van der Waals surface area contributed by atoms with E-state index < -0.39 is 17.2 Å². The number of nitrogens with one attached hydrogen (secondary N) is 2. The molecule has 2 heterocycles. The molecule has 9 heteroatoms. The van der Waals surface area contributed by atoms with Crippen LogP contribution in [0.1, 0.15) is 84.2 Å². The zero-order valence-corrected chi connectivity index (χ0v) is 27.1. The number of amides is 2. The molecular weight excluding hydrogens is 564 g/mol. The van der Waals surface area contributed by atoms with Gasteiger partial charge in [0.2, 0.25) is 5.91 Å². The second-order valence-electron chi connectivity index (χ2n) is 13.5. The zero-order chi connectivity index (χ0) is 32.2. The van der Waals surface area contributed by atoms with Crippen molar-refractivity contribution >= 4 is 17.7 Å². The van der Waals surface area contributed by atoms with Crippen LogP contribution >= 0.6 is 0 Å². The number of anilines is 1. The second kappa shape index (κ2) is 13.2. The molecule has 0 radical (unpaired) electrons. The van der Waals surface area contributed by atoms with E-state index in [9.17, 15) is 9.59 Å². The fourth-order valence-electron chi connectivity index (χ4n) is 6.04. The number of aromatic nitrogens is 4. The first-order valence-electron chi connectivity index (χ1n) is 15.7. The summed E-state index contributed by atoms with van der Waals surface area (Å²) in [5.74, 6) is 1.30. The highest BCUT2D eigenvalue weighted by atomic mass is 16.6. The predicted octanol–water partition coefficient (Wildman–Crippen LogP) is 7.84. The lowest BCUT2D eigenvalue weighted by Gasteiger charge is -2.29. The molecule has 0 atom stereocenters. The largest absolute Gasteiger partial charge is 0.444 e. The highest BCUT2D eigenvalue weighted by molar-refractivity contribution is 5.93. The minimum Gasteiger partial charge on any atom is -0.444 e. The molecule has 2 N–H and O–H groups in total. The lowest BCUT2D eigenvalue weighted by Crippen LogP contribution is -2.43. The first-order chi connectivity index (χ1) is 21.4. The maximum Gasteiger partial charge on any atom is 0.408 e. The number of hydrogen-bond donors (Lipinski definition) is 2. The Morgan fingerprint density at radius 1 is 0.933 bits per heavy atom. The number of nitrogens with zero attached hydrogens (tertiary/aromatic N) is 4. The van der Waals surface area contributed by atoms with Gasteiger partial charge in [-0.2, -0.15) is 0 Å². The molecule has 1 saturated carbocycles. The molecule has 45 heavy (non-hydrogen) atoms. The van der Waals surface area contributed by atoms with Gasteiger partial charge in [0.15, 0.2) is 0 Å². The van der Waals surface area contributed by atoms with Crippen molar-refractivity contribution in [2.75, 3.05) is 5.32 Å². The average Bonchev–Trinajstić information content (AvgIpc) is 3.42. The number of rotatable bonds is 8. The van der Waals surface area contributed by atoms with Gasteiger partial charge in [-0.1, -0.05) is 54.6 Å². The molecule has 0 unspecified atom stereocenters. The van der Waals surface area contributed by atoms with Crippen molar-refractivity contribution in [3.8, 4) is 22.4 Å². The zero-order valence-electron chi connectivity index (χ0n) is 27.1. The average molecular weight is 609 g/mol. The van der Waals surface area contributed by atoms with Gasteiger partial charge in [-0.3, -0.25) is 9.78 Å². The van der Waals surface area contributed by atoms with Crippen LogP contribution in [-0.2, 0) is 15.1 Å². The Morgan fingerprint density at radius 2 is 1.62 bits per heavy atom. The molecule has 0 saturated heterocycles. The molecule has 1 aliphatic rings. The summed E-state index contributed by atoms with van der Waals surface area (Å²) in [7, 11) is 0. The van der Waals surface area contributed by atoms with Crippen molar-refractivity contribution in [3.63, 3.8) is 0 Å². The summed E-state index contributed by atoms with van der Waals surface area (Å²) >= 11 is 0.